The molecule has 1 aromatic carbocycles. The number of benzene rings is 1. The number of carbonyl (C=O) groups is 1. The highest BCUT2D eigenvalue weighted by atomic mass is 19.1. The standard InChI is InChI=1S/C22H24FN7O/c1-14-7-18-10-22(9-14,13-29-6-5-26-28-29)30(18)21(31)27-17-4-3-15(2)19(8-17)20-24-11-16(23)12-25-20/h3-6,8,11-12,14,18H,7,9-10,13H2,1-2H3,(H,27,31)/t14-,18?,22?/m0/s1. The zero-order chi connectivity index (χ0) is 21.6. The van der Waals surface area contributed by atoms with Gasteiger partial charge in [-0.25, -0.2) is 19.2 Å². The number of aromatic nitrogens is 5. The fraction of sp³-hybridized carbons (Fsp3) is 0.409. The Balaban J connectivity index is 1.38. The lowest BCUT2D eigenvalue weighted by Crippen LogP contribution is -2.73. The molecular weight excluding hydrogens is 397 g/mol. The highest BCUT2D eigenvalue weighted by molar-refractivity contribution is 5.91. The highest BCUT2D eigenvalue weighted by Crippen LogP contribution is 2.50. The predicted molar refractivity (Wildman–Crippen MR) is 113 cm³/mol. The van der Waals surface area contributed by atoms with Gasteiger partial charge in [-0.3, -0.25) is 4.68 Å². The van der Waals surface area contributed by atoms with Crippen molar-refractivity contribution in [3.63, 3.8) is 0 Å². The lowest BCUT2D eigenvalue weighted by molar-refractivity contribution is -0.100. The van der Waals surface area contributed by atoms with Crippen LogP contribution in [-0.2, 0) is 6.54 Å². The van der Waals surface area contributed by atoms with Crippen LogP contribution in [-0.4, -0.2) is 47.5 Å². The van der Waals surface area contributed by atoms with E-state index in [1.807, 2.05) is 40.9 Å². The molecule has 0 radical (unpaired) electrons. The number of aryl methyl sites for hydroxylation is 1. The van der Waals surface area contributed by atoms with E-state index in [1.165, 1.54) is 0 Å². The van der Waals surface area contributed by atoms with Crippen molar-refractivity contribution in [2.24, 2.45) is 5.92 Å². The van der Waals surface area contributed by atoms with Crippen LogP contribution in [0.3, 0.4) is 0 Å². The number of carbonyl (C=O) groups excluding carboxylic acids is 1. The topological polar surface area (TPSA) is 88.8 Å². The molecule has 0 saturated carbocycles. The van der Waals surface area contributed by atoms with Gasteiger partial charge in [-0.1, -0.05) is 18.2 Å². The Morgan fingerprint density at radius 3 is 2.84 bits per heavy atom. The third-order valence-corrected chi connectivity index (χ3v) is 6.39. The molecule has 2 aromatic heterocycles. The maximum atomic E-state index is 13.3. The van der Waals surface area contributed by atoms with Gasteiger partial charge in [-0.05, 0) is 49.8 Å². The lowest BCUT2D eigenvalue weighted by Gasteiger charge is -2.63. The number of hydrogen-bond donors (Lipinski definition) is 1. The van der Waals surface area contributed by atoms with Crippen molar-refractivity contribution >= 4 is 11.7 Å². The molecule has 31 heavy (non-hydrogen) atoms. The molecule has 5 rings (SSSR count). The summed E-state index contributed by atoms with van der Waals surface area (Å²) < 4.78 is 15.0. The van der Waals surface area contributed by atoms with Crippen LogP contribution in [0.25, 0.3) is 11.4 Å². The molecule has 2 aliphatic rings. The van der Waals surface area contributed by atoms with Crippen LogP contribution in [0.5, 0.6) is 0 Å². The number of piperidine rings is 1. The Hall–Kier alpha value is -3.36. The molecule has 2 bridgehead atoms. The number of anilines is 1. The van der Waals surface area contributed by atoms with Crippen LogP contribution < -0.4 is 5.32 Å². The number of fused-ring (bicyclic) bond motifs is 2. The van der Waals surface area contributed by atoms with Crippen molar-refractivity contribution < 1.29 is 9.18 Å². The van der Waals surface area contributed by atoms with Crippen molar-refractivity contribution in [1.82, 2.24) is 29.9 Å². The molecule has 160 valence electrons. The second-order valence-corrected chi connectivity index (χ2v) is 8.78. The summed E-state index contributed by atoms with van der Waals surface area (Å²) in [5.41, 5.74) is 2.12. The van der Waals surface area contributed by atoms with Crippen molar-refractivity contribution in [3.8, 4) is 11.4 Å². The van der Waals surface area contributed by atoms with Crippen molar-refractivity contribution in [1.29, 1.82) is 0 Å². The Labute approximate surface area is 179 Å². The third-order valence-electron chi connectivity index (χ3n) is 6.39. The molecule has 0 aliphatic carbocycles. The van der Waals surface area contributed by atoms with Crippen LogP contribution in [0.2, 0.25) is 0 Å². The second kappa shape index (κ2) is 7.40. The summed E-state index contributed by atoms with van der Waals surface area (Å²) in [6.45, 7) is 4.82. The molecule has 2 fully saturated rings. The van der Waals surface area contributed by atoms with Gasteiger partial charge >= 0.3 is 6.03 Å². The van der Waals surface area contributed by atoms with E-state index in [1.54, 1.807) is 6.20 Å². The summed E-state index contributed by atoms with van der Waals surface area (Å²) in [5.74, 6) is 0.502. The van der Waals surface area contributed by atoms with Gasteiger partial charge < -0.3 is 10.2 Å². The minimum atomic E-state index is -0.484. The van der Waals surface area contributed by atoms with Crippen LogP contribution in [0, 0.1) is 18.7 Å². The lowest BCUT2D eigenvalue weighted by atomic mass is 9.64. The predicted octanol–water partition coefficient (Wildman–Crippen LogP) is 3.66. The third kappa shape index (κ3) is 3.54. The van der Waals surface area contributed by atoms with E-state index in [0.29, 0.717) is 24.0 Å². The average Bonchev–Trinajstić information content (AvgIpc) is 3.22. The van der Waals surface area contributed by atoms with Gasteiger partial charge in [-0.15, -0.1) is 5.10 Å². The van der Waals surface area contributed by atoms with Crippen LogP contribution in [0.1, 0.15) is 31.7 Å². The first-order valence-electron chi connectivity index (χ1n) is 10.5. The van der Waals surface area contributed by atoms with Crippen LogP contribution in [0.15, 0.2) is 43.0 Å². The Morgan fingerprint density at radius 2 is 2.10 bits per heavy atom. The number of halogens is 1. The Bertz CT molecular complexity index is 1100. The van der Waals surface area contributed by atoms with E-state index >= 15 is 0 Å². The van der Waals surface area contributed by atoms with Crippen molar-refractivity contribution in [2.45, 2.75) is 51.2 Å². The van der Waals surface area contributed by atoms with Gasteiger partial charge in [-0.2, -0.15) is 0 Å². The molecule has 0 spiro atoms. The fourth-order valence-electron chi connectivity index (χ4n) is 5.25. The van der Waals surface area contributed by atoms with E-state index in [0.717, 1.165) is 42.8 Å². The first-order chi connectivity index (χ1) is 14.9. The van der Waals surface area contributed by atoms with Gasteiger partial charge in [0.15, 0.2) is 11.6 Å². The van der Waals surface area contributed by atoms with E-state index in [9.17, 15) is 9.18 Å². The number of urea groups is 1. The summed E-state index contributed by atoms with van der Waals surface area (Å²) >= 11 is 0. The summed E-state index contributed by atoms with van der Waals surface area (Å²) in [6.07, 6.45) is 8.72. The first-order valence-corrected chi connectivity index (χ1v) is 10.5. The zero-order valence-corrected chi connectivity index (χ0v) is 17.5. The summed E-state index contributed by atoms with van der Waals surface area (Å²) in [6, 6.07) is 5.73. The first kappa shape index (κ1) is 19.6. The van der Waals surface area contributed by atoms with Gasteiger partial charge in [0.05, 0.1) is 30.7 Å². The number of rotatable bonds is 4. The monoisotopic (exact) mass is 421 g/mol. The molecule has 1 N–H and O–H groups in total. The van der Waals surface area contributed by atoms with Gasteiger partial charge in [0.25, 0.3) is 0 Å². The highest BCUT2D eigenvalue weighted by Gasteiger charge is 2.58. The van der Waals surface area contributed by atoms with Gasteiger partial charge in [0, 0.05) is 23.5 Å². The molecule has 2 unspecified atom stereocenters. The largest absolute Gasteiger partial charge is 0.322 e. The Morgan fingerprint density at radius 1 is 1.29 bits per heavy atom. The number of hydrogen-bond acceptors (Lipinski definition) is 5. The molecule has 9 heteroatoms. The summed E-state index contributed by atoms with van der Waals surface area (Å²) in [4.78, 5) is 23.5. The molecule has 4 heterocycles. The van der Waals surface area contributed by atoms with Gasteiger partial charge in [0.1, 0.15) is 0 Å². The smallest absolute Gasteiger partial charge is 0.314 e. The number of amides is 2. The van der Waals surface area contributed by atoms with E-state index in [4.69, 9.17) is 0 Å². The summed E-state index contributed by atoms with van der Waals surface area (Å²) in [5, 5.41) is 11.1. The number of nitrogens with zero attached hydrogens (tertiary/aromatic N) is 6. The molecule has 8 nitrogen and oxygen atoms in total. The SMILES string of the molecule is Cc1ccc(NC(=O)N2C3C[C@H](C)CC2(Cn2ccnn2)C3)cc1-c1ncc(F)cn1. The van der Waals surface area contributed by atoms with E-state index in [2.05, 4.69) is 32.5 Å². The molecule has 3 aromatic rings. The normalized spacial score (nSPS) is 24.5. The zero-order valence-electron chi connectivity index (χ0n) is 17.5. The van der Waals surface area contributed by atoms with Gasteiger partial charge in [0.2, 0.25) is 0 Å². The van der Waals surface area contributed by atoms with Crippen LogP contribution in [0.4, 0.5) is 14.9 Å². The van der Waals surface area contributed by atoms with E-state index in [-0.39, 0.29) is 17.6 Å². The molecule has 2 aliphatic heterocycles. The second-order valence-electron chi connectivity index (χ2n) is 8.78. The molecule has 2 amide bonds. The maximum absolute atomic E-state index is 13.3. The minimum absolute atomic E-state index is 0.113. The average molecular weight is 421 g/mol. The molecule has 3 atom stereocenters. The fourth-order valence-corrected chi connectivity index (χ4v) is 5.25. The number of nitrogens with one attached hydrogen (secondary N) is 1. The quantitative estimate of drug-likeness (QED) is 0.695. The molecular formula is C22H24FN7O. The molecule has 2 saturated heterocycles. The van der Waals surface area contributed by atoms with E-state index < -0.39 is 5.82 Å². The van der Waals surface area contributed by atoms with Crippen molar-refractivity contribution in [3.05, 3.63) is 54.4 Å². The maximum Gasteiger partial charge on any atom is 0.322 e. The Kier molecular flexibility index (Phi) is 4.68. The van der Waals surface area contributed by atoms with Crippen LogP contribution >= 0.6 is 0 Å². The minimum Gasteiger partial charge on any atom is -0.314 e. The van der Waals surface area contributed by atoms with Crippen molar-refractivity contribution in [2.75, 3.05) is 5.32 Å². The summed E-state index contributed by atoms with van der Waals surface area (Å²) in [7, 11) is 0.